The van der Waals surface area contributed by atoms with Crippen LogP contribution in [0.25, 0.3) is 0 Å². The van der Waals surface area contributed by atoms with Crippen molar-refractivity contribution in [3.05, 3.63) is 33.8 Å². The summed E-state index contributed by atoms with van der Waals surface area (Å²) in [5, 5.41) is 11.2. The molecule has 1 amide bonds. The number of nitrogens with two attached hydrogens (primary N) is 1. The van der Waals surface area contributed by atoms with Gasteiger partial charge in [-0.3, -0.25) is 9.48 Å². The summed E-state index contributed by atoms with van der Waals surface area (Å²) < 4.78 is 1.55. The number of aromatic nitrogens is 2. The van der Waals surface area contributed by atoms with Crippen molar-refractivity contribution in [3.63, 3.8) is 0 Å². The van der Waals surface area contributed by atoms with E-state index in [4.69, 9.17) is 5.73 Å². The van der Waals surface area contributed by atoms with Gasteiger partial charge >= 0.3 is 0 Å². The molecule has 0 unspecified atom stereocenters. The number of nitrogen functional groups attached to an aromatic ring is 1. The summed E-state index contributed by atoms with van der Waals surface area (Å²) in [6.07, 6.45) is 1.55. The van der Waals surface area contributed by atoms with Gasteiger partial charge in [0.25, 0.3) is 5.91 Å². The first-order valence-corrected chi connectivity index (χ1v) is 7.18. The number of amides is 1. The molecule has 0 fully saturated rings. The third-order valence-corrected chi connectivity index (χ3v) is 3.72. The molecular formula is C13H18N4OS. The standard InChI is InChI=1S/C13H18N4OS/c1-3-10-11(14)12(17(2)16-10)13(18)15-6-4-9-5-7-19-8-9/h5,7-8H,3-4,6,14H2,1-2H3,(H,15,18). The highest BCUT2D eigenvalue weighted by atomic mass is 32.1. The van der Waals surface area contributed by atoms with E-state index >= 15 is 0 Å². The summed E-state index contributed by atoms with van der Waals surface area (Å²) in [4.78, 5) is 12.1. The molecule has 0 aliphatic carbocycles. The van der Waals surface area contributed by atoms with E-state index in [9.17, 15) is 4.79 Å². The first kappa shape index (κ1) is 13.6. The summed E-state index contributed by atoms with van der Waals surface area (Å²) >= 11 is 1.66. The summed E-state index contributed by atoms with van der Waals surface area (Å²) in [6.45, 7) is 2.57. The number of nitrogens with zero attached hydrogens (tertiary/aromatic N) is 2. The number of hydrogen-bond donors (Lipinski definition) is 2. The Labute approximate surface area is 116 Å². The van der Waals surface area contributed by atoms with Crippen molar-refractivity contribution < 1.29 is 4.79 Å². The Bertz CT molecular complexity index is 559. The third kappa shape index (κ3) is 2.96. The van der Waals surface area contributed by atoms with E-state index in [1.54, 1.807) is 23.1 Å². The van der Waals surface area contributed by atoms with Crippen LogP contribution in [0.5, 0.6) is 0 Å². The molecule has 102 valence electrons. The molecule has 2 aromatic rings. The molecule has 6 heteroatoms. The number of nitrogens with one attached hydrogen (secondary N) is 1. The van der Waals surface area contributed by atoms with Crippen LogP contribution in [0.2, 0.25) is 0 Å². The summed E-state index contributed by atoms with van der Waals surface area (Å²) in [7, 11) is 1.74. The Kier molecular flexibility index (Phi) is 4.21. The van der Waals surface area contributed by atoms with Gasteiger partial charge in [-0.2, -0.15) is 16.4 Å². The van der Waals surface area contributed by atoms with Gasteiger partial charge in [-0.25, -0.2) is 0 Å². The molecule has 2 aromatic heterocycles. The van der Waals surface area contributed by atoms with Gasteiger partial charge in [-0.15, -0.1) is 0 Å². The maximum absolute atomic E-state index is 12.1. The van der Waals surface area contributed by atoms with Gasteiger partial charge in [0.15, 0.2) is 0 Å². The van der Waals surface area contributed by atoms with Crippen LogP contribution in [0.4, 0.5) is 5.69 Å². The second-order valence-electron chi connectivity index (χ2n) is 4.32. The lowest BCUT2D eigenvalue weighted by Crippen LogP contribution is -2.28. The van der Waals surface area contributed by atoms with Crippen LogP contribution < -0.4 is 11.1 Å². The number of carbonyl (C=O) groups excluding carboxylic acids is 1. The van der Waals surface area contributed by atoms with Crippen LogP contribution in [-0.4, -0.2) is 22.2 Å². The lowest BCUT2D eigenvalue weighted by atomic mass is 10.2. The molecule has 0 spiro atoms. The van der Waals surface area contributed by atoms with Gasteiger partial charge in [0.2, 0.25) is 0 Å². The fourth-order valence-electron chi connectivity index (χ4n) is 1.97. The largest absolute Gasteiger partial charge is 0.395 e. The zero-order chi connectivity index (χ0) is 13.8. The van der Waals surface area contributed by atoms with Gasteiger partial charge in [0, 0.05) is 13.6 Å². The van der Waals surface area contributed by atoms with Crippen molar-refractivity contribution in [2.45, 2.75) is 19.8 Å². The van der Waals surface area contributed by atoms with Crippen molar-refractivity contribution in [2.24, 2.45) is 7.05 Å². The van der Waals surface area contributed by atoms with E-state index < -0.39 is 0 Å². The smallest absolute Gasteiger partial charge is 0.271 e. The minimum Gasteiger partial charge on any atom is -0.395 e. The Morgan fingerprint density at radius 3 is 2.95 bits per heavy atom. The number of anilines is 1. The van der Waals surface area contributed by atoms with Crippen LogP contribution in [0.1, 0.15) is 28.7 Å². The van der Waals surface area contributed by atoms with Crippen LogP contribution in [0, 0.1) is 0 Å². The van der Waals surface area contributed by atoms with Crippen LogP contribution in [0.15, 0.2) is 16.8 Å². The molecule has 0 aliphatic heterocycles. The second-order valence-corrected chi connectivity index (χ2v) is 5.10. The molecule has 0 bridgehead atoms. The number of carbonyl (C=O) groups is 1. The zero-order valence-corrected chi connectivity index (χ0v) is 12.0. The normalized spacial score (nSPS) is 10.6. The molecule has 2 heterocycles. The Morgan fingerprint density at radius 1 is 1.58 bits per heavy atom. The van der Waals surface area contributed by atoms with Crippen molar-refractivity contribution in [3.8, 4) is 0 Å². The molecule has 5 nitrogen and oxygen atoms in total. The molecule has 0 saturated heterocycles. The molecule has 0 aliphatic rings. The van der Waals surface area contributed by atoms with Crippen molar-refractivity contribution >= 4 is 22.9 Å². The van der Waals surface area contributed by atoms with Crippen molar-refractivity contribution in [1.82, 2.24) is 15.1 Å². The average molecular weight is 278 g/mol. The topological polar surface area (TPSA) is 72.9 Å². The number of hydrogen-bond acceptors (Lipinski definition) is 4. The molecular weight excluding hydrogens is 260 g/mol. The molecule has 2 rings (SSSR count). The van der Waals surface area contributed by atoms with Crippen LogP contribution >= 0.6 is 11.3 Å². The maximum atomic E-state index is 12.1. The van der Waals surface area contributed by atoms with E-state index in [-0.39, 0.29) is 5.91 Å². The quantitative estimate of drug-likeness (QED) is 0.872. The number of aryl methyl sites for hydroxylation is 2. The van der Waals surface area contributed by atoms with Gasteiger partial charge in [-0.1, -0.05) is 6.92 Å². The zero-order valence-electron chi connectivity index (χ0n) is 11.1. The lowest BCUT2D eigenvalue weighted by Gasteiger charge is -2.05. The highest BCUT2D eigenvalue weighted by Crippen LogP contribution is 2.16. The van der Waals surface area contributed by atoms with Gasteiger partial charge in [0.05, 0.1) is 11.4 Å². The second kappa shape index (κ2) is 5.88. The van der Waals surface area contributed by atoms with E-state index in [1.807, 2.05) is 12.3 Å². The SMILES string of the molecule is CCc1nn(C)c(C(=O)NCCc2ccsc2)c1N. The fourth-order valence-corrected chi connectivity index (χ4v) is 2.67. The fraction of sp³-hybridized carbons (Fsp3) is 0.385. The predicted molar refractivity (Wildman–Crippen MR) is 77.4 cm³/mol. The van der Waals surface area contributed by atoms with Crippen molar-refractivity contribution in [2.75, 3.05) is 12.3 Å². The van der Waals surface area contributed by atoms with E-state index in [2.05, 4.69) is 21.9 Å². The lowest BCUT2D eigenvalue weighted by molar-refractivity contribution is 0.0945. The predicted octanol–water partition coefficient (Wildman–Crippen LogP) is 1.60. The Morgan fingerprint density at radius 2 is 2.37 bits per heavy atom. The molecule has 0 radical (unpaired) electrons. The highest BCUT2D eigenvalue weighted by Gasteiger charge is 2.18. The molecule has 0 saturated carbocycles. The molecule has 3 N–H and O–H groups in total. The van der Waals surface area contributed by atoms with E-state index in [0.29, 0.717) is 17.9 Å². The Balaban J connectivity index is 1.98. The average Bonchev–Trinajstić information content (AvgIpc) is 2.97. The van der Waals surface area contributed by atoms with Crippen LogP contribution in [0.3, 0.4) is 0 Å². The maximum Gasteiger partial charge on any atom is 0.271 e. The van der Waals surface area contributed by atoms with E-state index in [0.717, 1.165) is 18.5 Å². The van der Waals surface area contributed by atoms with Gasteiger partial charge in [-0.05, 0) is 35.2 Å². The van der Waals surface area contributed by atoms with E-state index in [1.165, 1.54) is 5.56 Å². The molecule has 19 heavy (non-hydrogen) atoms. The number of rotatable bonds is 5. The Hall–Kier alpha value is -1.82. The third-order valence-electron chi connectivity index (χ3n) is 2.99. The summed E-state index contributed by atoms with van der Waals surface area (Å²) in [5.74, 6) is -0.164. The van der Waals surface area contributed by atoms with Gasteiger partial charge in [0.1, 0.15) is 5.69 Å². The summed E-state index contributed by atoms with van der Waals surface area (Å²) in [5.41, 5.74) is 8.87. The first-order valence-electron chi connectivity index (χ1n) is 6.24. The minimum absolute atomic E-state index is 0.164. The molecule has 0 aromatic carbocycles. The molecule has 0 atom stereocenters. The van der Waals surface area contributed by atoms with Gasteiger partial charge < -0.3 is 11.1 Å². The minimum atomic E-state index is -0.164. The first-order chi connectivity index (χ1) is 9.13. The number of thiophene rings is 1. The monoisotopic (exact) mass is 278 g/mol. The van der Waals surface area contributed by atoms with Crippen molar-refractivity contribution in [1.29, 1.82) is 0 Å². The summed E-state index contributed by atoms with van der Waals surface area (Å²) in [6, 6.07) is 2.06. The van der Waals surface area contributed by atoms with Crippen LogP contribution in [-0.2, 0) is 19.9 Å². The highest BCUT2D eigenvalue weighted by molar-refractivity contribution is 7.07.